The molecule has 0 radical (unpaired) electrons. The van der Waals surface area contributed by atoms with Crippen LogP contribution in [-0.2, 0) is 19.6 Å². The van der Waals surface area contributed by atoms with Crippen molar-refractivity contribution in [2.75, 3.05) is 37.7 Å². The number of hydrogen-bond acceptors (Lipinski definition) is 9. The number of nitrogens with zero attached hydrogens (tertiary/aromatic N) is 4. The minimum Gasteiger partial charge on any atom is -0.378 e. The molecular formula is C20H22N6O5S2. The summed E-state index contributed by atoms with van der Waals surface area (Å²) in [5.74, 6) is -0.687. The Labute approximate surface area is 194 Å². The fourth-order valence-corrected chi connectivity index (χ4v) is 6.20. The van der Waals surface area contributed by atoms with Crippen LogP contribution < -0.4 is 15.8 Å². The van der Waals surface area contributed by atoms with Gasteiger partial charge in [-0.25, -0.2) is 4.98 Å². The van der Waals surface area contributed by atoms with Crippen molar-refractivity contribution in [2.45, 2.75) is 23.8 Å². The molecule has 0 bridgehead atoms. The van der Waals surface area contributed by atoms with E-state index >= 15 is 0 Å². The predicted molar refractivity (Wildman–Crippen MR) is 121 cm³/mol. The maximum Gasteiger partial charge on any atom is 0.289 e. The van der Waals surface area contributed by atoms with Gasteiger partial charge < -0.3 is 14.5 Å². The van der Waals surface area contributed by atoms with Crippen molar-refractivity contribution in [1.82, 2.24) is 20.7 Å². The molecule has 0 aliphatic carbocycles. The van der Waals surface area contributed by atoms with E-state index in [0.29, 0.717) is 51.3 Å². The van der Waals surface area contributed by atoms with Crippen molar-refractivity contribution < 1.29 is 22.7 Å². The molecule has 5 rings (SSSR count). The number of carbonyl (C=O) groups excluding carboxylic acids is 2. The van der Waals surface area contributed by atoms with Crippen LogP contribution in [0.1, 0.15) is 28.9 Å². The summed E-state index contributed by atoms with van der Waals surface area (Å²) in [5, 5.41) is 2.37. The number of likely N-dealkylation sites (tertiary alicyclic amines) is 1. The van der Waals surface area contributed by atoms with Gasteiger partial charge in [-0.1, -0.05) is 12.1 Å². The largest absolute Gasteiger partial charge is 0.378 e. The quantitative estimate of drug-likeness (QED) is 0.589. The van der Waals surface area contributed by atoms with Gasteiger partial charge in [0.15, 0.2) is 11.0 Å². The smallest absolute Gasteiger partial charge is 0.289 e. The average molecular weight is 491 g/mol. The van der Waals surface area contributed by atoms with E-state index in [2.05, 4.69) is 20.2 Å². The number of rotatable bonds is 3. The maximum absolute atomic E-state index is 12.9. The lowest BCUT2D eigenvalue weighted by molar-refractivity contribution is -0.125. The number of hydrazine groups is 1. The molecule has 2 saturated heterocycles. The molecule has 1 aromatic heterocycles. The van der Waals surface area contributed by atoms with E-state index in [9.17, 15) is 18.0 Å². The second-order valence-corrected chi connectivity index (χ2v) is 10.2. The molecule has 174 valence electrons. The van der Waals surface area contributed by atoms with Gasteiger partial charge in [0.05, 0.1) is 13.2 Å². The molecule has 0 unspecified atom stereocenters. The SMILES string of the molecule is O=C(NNC(=O)[C@@H]1CCCN1C1=NS(=O)(=O)c2ccccc21)c1csc(N2CCOCC2)n1. The van der Waals surface area contributed by atoms with Gasteiger partial charge in [0, 0.05) is 30.6 Å². The second-order valence-electron chi connectivity index (χ2n) is 7.80. The van der Waals surface area contributed by atoms with Crippen LogP contribution >= 0.6 is 11.3 Å². The van der Waals surface area contributed by atoms with Crippen LogP contribution in [0, 0.1) is 0 Å². The molecule has 11 nitrogen and oxygen atoms in total. The molecule has 1 aromatic carbocycles. The standard InChI is InChI=1S/C20H22N6O5S2/c27-18(14-12-32-20(21-14)25-8-10-31-11-9-25)22-23-19(28)15-5-3-7-26(15)17-13-4-1-2-6-16(13)33(29,30)24-17/h1-2,4,6,12,15H,3,5,7-11H2,(H,22,27)(H,23,28)/t15-/m0/s1. The van der Waals surface area contributed by atoms with Crippen molar-refractivity contribution in [3.05, 3.63) is 40.9 Å². The number of amidine groups is 1. The Morgan fingerprint density at radius 2 is 1.91 bits per heavy atom. The summed E-state index contributed by atoms with van der Waals surface area (Å²) >= 11 is 1.36. The van der Waals surface area contributed by atoms with E-state index in [-0.39, 0.29) is 16.4 Å². The zero-order chi connectivity index (χ0) is 23.0. The van der Waals surface area contributed by atoms with E-state index in [1.54, 1.807) is 28.5 Å². The van der Waals surface area contributed by atoms with Crippen molar-refractivity contribution in [3.8, 4) is 0 Å². The molecule has 1 atom stereocenters. The summed E-state index contributed by atoms with van der Waals surface area (Å²) in [6.45, 7) is 3.15. The zero-order valence-corrected chi connectivity index (χ0v) is 19.2. The highest BCUT2D eigenvalue weighted by molar-refractivity contribution is 7.90. The van der Waals surface area contributed by atoms with Crippen LogP contribution in [0.2, 0.25) is 0 Å². The van der Waals surface area contributed by atoms with Crippen LogP contribution in [-0.4, -0.2) is 74.8 Å². The maximum atomic E-state index is 12.9. The molecule has 13 heteroatoms. The number of carbonyl (C=O) groups is 2. The first-order chi connectivity index (χ1) is 15.9. The van der Waals surface area contributed by atoms with Crippen molar-refractivity contribution in [2.24, 2.45) is 4.40 Å². The van der Waals surface area contributed by atoms with Crippen LogP contribution in [0.3, 0.4) is 0 Å². The summed E-state index contributed by atoms with van der Waals surface area (Å²) < 4.78 is 34.0. The molecule has 3 aliphatic rings. The number of aromatic nitrogens is 1. The van der Waals surface area contributed by atoms with Crippen LogP contribution in [0.15, 0.2) is 38.9 Å². The molecule has 0 saturated carbocycles. The molecule has 4 heterocycles. The van der Waals surface area contributed by atoms with Crippen molar-refractivity contribution >= 4 is 44.1 Å². The molecule has 2 N–H and O–H groups in total. The Morgan fingerprint density at radius 1 is 1.12 bits per heavy atom. The van der Waals surface area contributed by atoms with Gasteiger partial charge in [0.2, 0.25) is 0 Å². The van der Waals surface area contributed by atoms with E-state index in [1.165, 1.54) is 17.4 Å². The number of thiazole rings is 1. The highest BCUT2D eigenvalue weighted by Gasteiger charge is 2.39. The number of benzene rings is 1. The third kappa shape index (κ3) is 4.18. The molecule has 33 heavy (non-hydrogen) atoms. The Balaban J connectivity index is 1.24. The van der Waals surface area contributed by atoms with E-state index < -0.39 is 27.9 Å². The van der Waals surface area contributed by atoms with Gasteiger partial charge in [-0.15, -0.1) is 15.7 Å². The van der Waals surface area contributed by atoms with E-state index in [0.717, 1.165) is 5.13 Å². The molecule has 2 aromatic rings. The molecule has 3 aliphatic heterocycles. The molecule has 0 spiro atoms. The first-order valence-corrected chi connectivity index (χ1v) is 12.9. The number of morpholine rings is 1. The lowest BCUT2D eigenvalue weighted by atomic mass is 10.1. The van der Waals surface area contributed by atoms with Crippen LogP contribution in [0.5, 0.6) is 0 Å². The molecule has 2 fully saturated rings. The monoisotopic (exact) mass is 490 g/mol. The topological polar surface area (TPSA) is 133 Å². The average Bonchev–Trinajstić information content (AvgIpc) is 3.56. The van der Waals surface area contributed by atoms with Crippen LogP contribution in [0.4, 0.5) is 5.13 Å². The predicted octanol–water partition coefficient (Wildman–Crippen LogP) is 0.354. The summed E-state index contributed by atoms with van der Waals surface area (Å²) in [7, 11) is -3.78. The van der Waals surface area contributed by atoms with Crippen LogP contribution in [0.25, 0.3) is 0 Å². The first-order valence-electron chi connectivity index (χ1n) is 10.5. The summed E-state index contributed by atoms with van der Waals surface area (Å²) in [6, 6.07) is 5.92. The van der Waals surface area contributed by atoms with Gasteiger partial charge in [-0.2, -0.15) is 8.42 Å². The Kier molecular flexibility index (Phi) is 5.76. The third-order valence-electron chi connectivity index (χ3n) is 5.75. The third-order valence-corrected chi connectivity index (χ3v) is 7.97. The number of hydrogen-bond donors (Lipinski definition) is 2. The Morgan fingerprint density at radius 3 is 2.73 bits per heavy atom. The van der Waals surface area contributed by atoms with Gasteiger partial charge in [-0.05, 0) is 25.0 Å². The number of nitrogens with one attached hydrogen (secondary N) is 2. The van der Waals surface area contributed by atoms with E-state index in [1.807, 2.05) is 4.90 Å². The highest BCUT2D eigenvalue weighted by Crippen LogP contribution is 2.31. The van der Waals surface area contributed by atoms with Gasteiger partial charge >= 0.3 is 0 Å². The fourth-order valence-electron chi connectivity index (χ4n) is 4.12. The minimum absolute atomic E-state index is 0.138. The summed E-state index contributed by atoms with van der Waals surface area (Å²) in [4.78, 5) is 33.6. The summed E-state index contributed by atoms with van der Waals surface area (Å²) in [5.41, 5.74) is 5.57. The number of amides is 2. The van der Waals surface area contributed by atoms with Crippen molar-refractivity contribution in [1.29, 1.82) is 0 Å². The lowest BCUT2D eigenvalue weighted by Gasteiger charge is -2.26. The Hall–Kier alpha value is -3.03. The number of fused-ring (bicyclic) bond motifs is 1. The number of sulfonamides is 1. The van der Waals surface area contributed by atoms with Crippen molar-refractivity contribution in [3.63, 3.8) is 0 Å². The van der Waals surface area contributed by atoms with Gasteiger partial charge in [0.25, 0.3) is 21.8 Å². The fraction of sp³-hybridized carbons (Fsp3) is 0.400. The number of ether oxygens (including phenoxy) is 1. The minimum atomic E-state index is -3.78. The van der Waals surface area contributed by atoms with E-state index in [4.69, 9.17) is 4.74 Å². The first kappa shape index (κ1) is 21.8. The molecular weight excluding hydrogens is 468 g/mol. The zero-order valence-electron chi connectivity index (χ0n) is 17.6. The lowest BCUT2D eigenvalue weighted by Crippen LogP contribution is -2.51. The normalized spacial score (nSPS) is 21.5. The van der Waals surface area contributed by atoms with Gasteiger partial charge in [0.1, 0.15) is 16.6 Å². The Bertz CT molecular complexity index is 1220. The summed E-state index contributed by atoms with van der Waals surface area (Å²) in [6.07, 6.45) is 1.21. The molecule has 2 amide bonds. The second kappa shape index (κ2) is 8.72. The number of anilines is 1. The van der Waals surface area contributed by atoms with Gasteiger partial charge in [-0.3, -0.25) is 20.4 Å². The highest BCUT2D eigenvalue weighted by atomic mass is 32.2.